The van der Waals surface area contributed by atoms with Crippen molar-refractivity contribution >= 4 is 11.6 Å². The lowest BCUT2D eigenvalue weighted by atomic mass is 10.1. The first-order chi connectivity index (χ1) is 8.15. The molecule has 0 spiro atoms. The standard InChI is InChI=1S/C12H13FN4/c1-8(9-3-2-4-10(13)5-9)16-12-7-15-6-11(14)17-12/h2-8H,1H3,(H3,14,16,17). The highest BCUT2D eigenvalue weighted by atomic mass is 19.1. The molecule has 1 heterocycles. The summed E-state index contributed by atoms with van der Waals surface area (Å²) in [6.45, 7) is 1.92. The molecule has 0 saturated carbocycles. The van der Waals surface area contributed by atoms with E-state index in [-0.39, 0.29) is 11.9 Å². The summed E-state index contributed by atoms with van der Waals surface area (Å²) >= 11 is 0. The Labute approximate surface area is 98.7 Å². The Hall–Kier alpha value is -2.17. The van der Waals surface area contributed by atoms with Crippen LogP contribution in [-0.4, -0.2) is 9.97 Å². The first kappa shape index (κ1) is 11.3. The minimum absolute atomic E-state index is 0.0678. The predicted molar refractivity (Wildman–Crippen MR) is 64.9 cm³/mol. The molecule has 4 nitrogen and oxygen atoms in total. The molecule has 1 unspecified atom stereocenters. The molecule has 1 aromatic carbocycles. The molecule has 0 aliphatic heterocycles. The lowest BCUT2D eigenvalue weighted by molar-refractivity contribution is 0.623. The predicted octanol–water partition coefficient (Wildman–Crippen LogP) is 2.37. The van der Waals surface area contributed by atoms with E-state index in [9.17, 15) is 4.39 Å². The number of anilines is 2. The maximum atomic E-state index is 13.1. The molecule has 0 radical (unpaired) electrons. The smallest absolute Gasteiger partial charge is 0.147 e. The second-order valence-corrected chi connectivity index (χ2v) is 3.75. The van der Waals surface area contributed by atoms with Gasteiger partial charge < -0.3 is 11.1 Å². The van der Waals surface area contributed by atoms with E-state index in [2.05, 4.69) is 15.3 Å². The van der Waals surface area contributed by atoms with E-state index < -0.39 is 0 Å². The van der Waals surface area contributed by atoms with Crippen LogP contribution in [0.3, 0.4) is 0 Å². The Morgan fingerprint density at radius 2 is 2.18 bits per heavy atom. The molecule has 2 aromatic rings. The topological polar surface area (TPSA) is 63.8 Å². The van der Waals surface area contributed by atoms with Crippen LogP contribution in [0.1, 0.15) is 18.5 Å². The van der Waals surface area contributed by atoms with Gasteiger partial charge in [-0.05, 0) is 24.6 Å². The van der Waals surface area contributed by atoms with Crippen molar-refractivity contribution in [2.24, 2.45) is 0 Å². The fourth-order valence-corrected chi connectivity index (χ4v) is 1.53. The summed E-state index contributed by atoms with van der Waals surface area (Å²) in [6.07, 6.45) is 3.05. The van der Waals surface area contributed by atoms with E-state index in [0.717, 1.165) is 5.56 Å². The molecule has 3 N–H and O–H groups in total. The quantitative estimate of drug-likeness (QED) is 0.852. The number of nitrogens with two attached hydrogens (primary N) is 1. The monoisotopic (exact) mass is 232 g/mol. The third kappa shape index (κ3) is 2.90. The zero-order chi connectivity index (χ0) is 12.3. The number of nitrogens with one attached hydrogen (secondary N) is 1. The van der Waals surface area contributed by atoms with Gasteiger partial charge in [-0.3, -0.25) is 4.98 Å². The van der Waals surface area contributed by atoms with Crippen molar-refractivity contribution in [3.63, 3.8) is 0 Å². The summed E-state index contributed by atoms with van der Waals surface area (Å²) in [5, 5.41) is 3.11. The Bertz CT molecular complexity index is 515. The summed E-state index contributed by atoms with van der Waals surface area (Å²) in [6, 6.07) is 6.35. The molecule has 88 valence electrons. The van der Waals surface area contributed by atoms with Crippen LogP contribution in [0.15, 0.2) is 36.7 Å². The average Bonchev–Trinajstić information content (AvgIpc) is 2.29. The number of nitrogens with zero attached hydrogens (tertiary/aromatic N) is 2. The molecule has 0 amide bonds. The van der Waals surface area contributed by atoms with Gasteiger partial charge in [0, 0.05) is 0 Å². The average molecular weight is 232 g/mol. The van der Waals surface area contributed by atoms with Crippen LogP contribution in [0.2, 0.25) is 0 Å². The van der Waals surface area contributed by atoms with E-state index in [1.54, 1.807) is 12.3 Å². The van der Waals surface area contributed by atoms with E-state index in [0.29, 0.717) is 11.6 Å². The van der Waals surface area contributed by atoms with E-state index in [4.69, 9.17) is 5.73 Å². The second kappa shape index (κ2) is 4.78. The summed E-state index contributed by atoms with van der Waals surface area (Å²) in [7, 11) is 0. The summed E-state index contributed by atoms with van der Waals surface area (Å²) < 4.78 is 13.1. The first-order valence-electron chi connectivity index (χ1n) is 5.24. The van der Waals surface area contributed by atoms with Gasteiger partial charge in [-0.2, -0.15) is 0 Å². The second-order valence-electron chi connectivity index (χ2n) is 3.75. The molecule has 0 fully saturated rings. The molecule has 0 aliphatic carbocycles. The van der Waals surface area contributed by atoms with Crippen LogP contribution in [0.5, 0.6) is 0 Å². The van der Waals surface area contributed by atoms with Crippen molar-refractivity contribution in [3.8, 4) is 0 Å². The molecule has 1 aromatic heterocycles. The van der Waals surface area contributed by atoms with Gasteiger partial charge in [0.05, 0.1) is 18.4 Å². The van der Waals surface area contributed by atoms with Crippen molar-refractivity contribution in [2.75, 3.05) is 11.1 Å². The molecular weight excluding hydrogens is 219 g/mol. The fourth-order valence-electron chi connectivity index (χ4n) is 1.53. The van der Waals surface area contributed by atoms with Crippen LogP contribution in [-0.2, 0) is 0 Å². The Morgan fingerprint density at radius 3 is 2.88 bits per heavy atom. The number of hydrogen-bond donors (Lipinski definition) is 2. The van der Waals surface area contributed by atoms with E-state index in [1.807, 2.05) is 13.0 Å². The summed E-state index contributed by atoms with van der Waals surface area (Å²) in [5.41, 5.74) is 6.37. The van der Waals surface area contributed by atoms with Gasteiger partial charge in [0.2, 0.25) is 0 Å². The number of hydrogen-bond acceptors (Lipinski definition) is 4. The lowest BCUT2D eigenvalue weighted by Crippen LogP contribution is -2.09. The highest BCUT2D eigenvalue weighted by Crippen LogP contribution is 2.18. The molecule has 0 aliphatic rings. The number of rotatable bonds is 3. The molecule has 5 heteroatoms. The molecule has 1 atom stereocenters. The Morgan fingerprint density at radius 1 is 1.35 bits per heavy atom. The van der Waals surface area contributed by atoms with Gasteiger partial charge in [-0.15, -0.1) is 0 Å². The van der Waals surface area contributed by atoms with Gasteiger partial charge >= 0.3 is 0 Å². The molecule has 17 heavy (non-hydrogen) atoms. The largest absolute Gasteiger partial charge is 0.382 e. The summed E-state index contributed by atoms with van der Waals surface area (Å²) in [4.78, 5) is 8.00. The van der Waals surface area contributed by atoms with E-state index >= 15 is 0 Å². The molecule has 0 saturated heterocycles. The SMILES string of the molecule is CC(Nc1cncc(N)n1)c1cccc(F)c1. The van der Waals surface area contributed by atoms with Crippen LogP contribution in [0.4, 0.5) is 16.0 Å². The van der Waals surface area contributed by atoms with Gasteiger partial charge in [0.25, 0.3) is 0 Å². The maximum Gasteiger partial charge on any atom is 0.147 e. The zero-order valence-electron chi connectivity index (χ0n) is 9.39. The zero-order valence-corrected chi connectivity index (χ0v) is 9.39. The van der Waals surface area contributed by atoms with Crippen LogP contribution in [0.25, 0.3) is 0 Å². The number of halogens is 1. The first-order valence-corrected chi connectivity index (χ1v) is 5.24. The molecule has 2 rings (SSSR count). The van der Waals surface area contributed by atoms with Crippen LogP contribution < -0.4 is 11.1 Å². The van der Waals surface area contributed by atoms with Crippen molar-refractivity contribution in [1.82, 2.24) is 9.97 Å². The van der Waals surface area contributed by atoms with Crippen molar-refractivity contribution in [1.29, 1.82) is 0 Å². The summed E-state index contributed by atoms with van der Waals surface area (Å²) in [5.74, 6) is 0.665. The number of nitrogen functional groups attached to an aromatic ring is 1. The maximum absolute atomic E-state index is 13.1. The fraction of sp³-hybridized carbons (Fsp3) is 0.167. The van der Waals surface area contributed by atoms with E-state index in [1.165, 1.54) is 18.3 Å². The molecule has 0 bridgehead atoms. The molecular formula is C12H13FN4. The van der Waals surface area contributed by atoms with Gasteiger partial charge in [0.1, 0.15) is 17.5 Å². The highest BCUT2D eigenvalue weighted by Gasteiger charge is 2.07. The Balaban J connectivity index is 2.14. The minimum Gasteiger partial charge on any atom is -0.382 e. The normalized spacial score (nSPS) is 12.1. The van der Waals surface area contributed by atoms with Crippen LogP contribution in [0, 0.1) is 5.82 Å². The number of benzene rings is 1. The van der Waals surface area contributed by atoms with Crippen molar-refractivity contribution in [2.45, 2.75) is 13.0 Å². The highest BCUT2D eigenvalue weighted by molar-refractivity contribution is 5.40. The van der Waals surface area contributed by atoms with Gasteiger partial charge in [-0.25, -0.2) is 9.37 Å². The van der Waals surface area contributed by atoms with Gasteiger partial charge in [-0.1, -0.05) is 12.1 Å². The third-order valence-corrected chi connectivity index (χ3v) is 2.37. The van der Waals surface area contributed by atoms with Gasteiger partial charge in [0.15, 0.2) is 0 Å². The Kier molecular flexibility index (Phi) is 3.18. The van der Waals surface area contributed by atoms with Crippen molar-refractivity contribution in [3.05, 3.63) is 48.0 Å². The minimum atomic E-state index is -0.255. The lowest BCUT2D eigenvalue weighted by Gasteiger charge is -2.14. The van der Waals surface area contributed by atoms with Crippen molar-refractivity contribution < 1.29 is 4.39 Å². The number of aromatic nitrogens is 2. The van der Waals surface area contributed by atoms with Crippen LogP contribution >= 0.6 is 0 Å². The third-order valence-electron chi connectivity index (χ3n) is 2.37.